The van der Waals surface area contributed by atoms with Gasteiger partial charge in [0.25, 0.3) is 0 Å². The zero-order valence-corrected chi connectivity index (χ0v) is 11.6. The van der Waals surface area contributed by atoms with Crippen molar-refractivity contribution >= 4 is 17.7 Å². The van der Waals surface area contributed by atoms with Crippen LogP contribution in [0.3, 0.4) is 0 Å². The normalized spacial score (nSPS) is 10.3. The summed E-state index contributed by atoms with van der Waals surface area (Å²) in [5.41, 5.74) is 2.51. The standard InChI is InChI=1S/C14H21NO2S/c1-12-5-4-6-13(9-12)10-18-11-14(17)15-7-2-3-8-16/h4-6,9,16H,2-3,7-8,10-11H2,1H3,(H,15,17). The molecule has 100 valence electrons. The average molecular weight is 267 g/mol. The number of aliphatic hydroxyl groups excluding tert-OH is 1. The van der Waals surface area contributed by atoms with Crippen molar-refractivity contribution in [2.24, 2.45) is 0 Å². The molecule has 1 aromatic carbocycles. The fourth-order valence-corrected chi connectivity index (χ4v) is 2.38. The summed E-state index contributed by atoms with van der Waals surface area (Å²) < 4.78 is 0. The third-order valence-corrected chi connectivity index (χ3v) is 3.50. The smallest absolute Gasteiger partial charge is 0.230 e. The molecule has 1 rings (SSSR count). The lowest BCUT2D eigenvalue weighted by Gasteiger charge is -2.05. The number of hydrogen-bond donors (Lipinski definition) is 2. The van der Waals surface area contributed by atoms with Crippen LogP contribution in [-0.4, -0.2) is 29.9 Å². The first-order chi connectivity index (χ1) is 8.72. The van der Waals surface area contributed by atoms with Gasteiger partial charge in [-0.15, -0.1) is 11.8 Å². The number of thioether (sulfide) groups is 1. The molecule has 1 amide bonds. The SMILES string of the molecule is Cc1cccc(CSCC(=O)NCCCCO)c1. The molecule has 0 aliphatic heterocycles. The highest BCUT2D eigenvalue weighted by atomic mass is 32.2. The Morgan fingerprint density at radius 3 is 2.94 bits per heavy atom. The molecule has 0 aromatic heterocycles. The highest BCUT2D eigenvalue weighted by Gasteiger charge is 2.01. The van der Waals surface area contributed by atoms with Crippen LogP contribution < -0.4 is 5.32 Å². The van der Waals surface area contributed by atoms with E-state index in [1.54, 1.807) is 11.8 Å². The summed E-state index contributed by atoms with van der Waals surface area (Å²) in [7, 11) is 0. The van der Waals surface area contributed by atoms with Gasteiger partial charge in [-0.05, 0) is 25.3 Å². The molecule has 2 N–H and O–H groups in total. The second-order valence-electron chi connectivity index (χ2n) is 4.26. The first kappa shape index (κ1) is 15.1. The molecule has 0 spiro atoms. The van der Waals surface area contributed by atoms with Gasteiger partial charge in [-0.1, -0.05) is 29.8 Å². The van der Waals surface area contributed by atoms with E-state index in [4.69, 9.17) is 5.11 Å². The van der Waals surface area contributed by atoms with E-state index in [1.807, 2.05) is 6.07 Å². The number of carbonyl (C=O) groups is 1. The van der Waals surface area contributed by atoms with Gasteiger partial charge in [0.05, 0.1) is 5.75 Å². The summed E-state index contributed by atoms with van der Waals surface area (Å²) in [4.78, 5) is 11.5. The Balaban J connectivity index is 2.12. The maximum Gasteiger partial charge on any atom is 0.230 e. The number of hydrogen-bond acceptors (Lipinski definition) is 3. The molecule has 0 unspecified atom stereocenters. The summed E-state index contributed by atoms with van der Waals surface area (Å²) in [6, 6.07) is 8.34. The average Bonchev–Trinajstić information content (AvgIpc) is 2.35. The second-order valence-corrected chi connectivity index (χ2v) is 5.25. The summed E-state index contributed by atoms with van der Waals surface area (Å²) in [6.07, 6.45) is 1.58. The van der Waals surface area contributed by atoms with Crippen molar-refractivity contribution in [3.05, 3.63) is 35.4 Å². The Labute approximate surface area is 113 Å². The highest BCUT2D eigenvalue weighted by molar-refractivity contribution is 7.99. The van der Waals surface area contributed by atoms with Crippen LogP contribution in [0.2, 0.25) is 0 Å². The van der Waals surface area contributed by atoms with E-state index in [2.05, 4.69) is 30.4 Å². The first-order valence-corrected chi connectivity index (χ1v) is 7.38. The summed E-state index contributed by atoms with van der Waals surface area (Å²) >= 11 is 1.63. The number of nitrogens with one attached hydrogen (secondary N) is 1. The summed E-state index contributed by atoms with van der Waals surface area (Å²) in [6.45, 7) is 2.92. The van der Waals surface area contributed by atoms with Gasteiger partial charge in [0.2, 0.25) is 5.91 Å². The number of amides is 1. The van der Waals surface area contributed by atoms with Crippen molar-refractivity contribution in [2.45, 2.75) is 25.5 Å². The van der Waals surface area contributed by atoms with Crippen LogP contribution in [0.25, 0.3) is 0 Å². The molecule has 0 aliphatic carbocycles. The summed E-state index contributed by atoms with van der Waals surface area (Å²) in [5.74, 6) is 1.43. The van der Waals surface area contributed by atoms with Crippen molar-refractivity contribution in [1.29, 1.82) is 0 Å². The van der Waals surface area contributed by atoms with Gasteiger partial charge >= 0.3 is 0 Å². The van der Waals surface area contributed by atoms with Crippen LogP contribution in [0.4, 0.5) is 0 Å². The van der Waals surface area contributed by atoms with Crippen LogP contribution >= 0.6 is 11.8 Å². The van der Waals surface area contributed by atoms with E-state index in [-0.39, 0.29) is 12.5 Å². The minimum absolute atomic E-state index is 0.0746. The zero-order valence-electron chi connectivity index (χ0n) is 10.8. The second kappa shape index (κ2) is 9.00. The molecule has 0 atom stereocenters. The van der Waals surface area contributed by atoms with Crippen molar-refractivity contribution < 1.29 is 9.90 Å². The van der Waals surface area contributed by atoms with Crippen LogP contribution in [0, 0.1) is 6.92 Å². The quantitative estimate of drug-likeness (QED) is 0.709. The molecule has 0 fully saturated rings. The lowest BCUT2D eigenvalue weighted by molar-refractivity contribution is -0.118. The highest BCUT2D eigenvalue weighted by Crippen LogP contribution is 2.13. The van der Waals surface area contributed by atoms with E-state index < -0.39 is 0 Å². The van der Waals surface area contributed by atoms with Gasteiger partial charge in [-0.2, -0.15) is 0 Å². The molecule has 4 heteroatoms. The Hall–Kier alpha value is -1.00. The molecule has 0 radical (unpaired) electrons. The number of rotatable bonds is 8. The molecule has 0 heterocycles. The number of benzene rings is 1. The third kappa shape index (κ3) is 6.67. The van der Waals surface area contributed by atoms with Crippen molar-refractivity contribution in [2.75, 3.05) is 18.9 Å². The van der Waals surface area contributed by atoms with E-state index >= 15 is 0 Å². The zero-order chi connectivity index (χ0) is 13.2. The number of aliphatic hydroxyl groups is 1. The van der Waals surface area contributed by atoms with Gasteiger partial charge in [0.15, 0.2) is 0 Å². The van der Waals surface area contributed by atoms with Crippen molar-refractivity contribution in [3.63, 3.8) is 0 Å². The Bertz CT molecular complexity index is 369. The number of unbranched alkanes of at least 4 members (excludes halogenated alkanes) is 1. The molecule has 3 nitrogen and oxygen atoms in total. The van der Waals surface area contributed by atoms with Gasteiger partial charge in [0, 0.05) is 18.9 Å². The van der Waals surface area contributed by atoms with Gasteiger partial charge in [-0.3, -0.25) is 4.79 Å². The summed E-state index contributed by atoms with van der Waals surface area (Å²) in [5, 5.41) is 11.4. The Morgan fingerprint density at radius 1 is 1.39 bits per heavy atom. The first-order valence-electron chi connectivity index (χ1n) is 6.23. The minimum Gasteiger partial charge on any atom is -0.396 e. The van der Waals surface area contributed by atoms with Gasteiger partial charge in [0.1, 0.15) is 0 Å². The molecule has 0 bridgehead atoms. The molecule has 18 heavy (non-hydrogen) atoms. The van der Waals surface area contributed by atoms with Gasteiger partial charge in [-0.25, -0.2) is 0 Å². The predicted molar refractivity (Wildman–Crippen MR) is 76.7 cm³/mol. The molecular weight excluding hydrogens is 246 g/mol. The minimum atomic E-state index is 0.0746. The van der Waals surface area contributed by atoms with E-state index in [0.29, 0.717) is 12.3 Å². The van der Waals surface area contributed by atoms with Crippen LogP contribution in [0.1, 0.15) is 24.0 Å². The molecular formula is C14H21NO2S. The van der Waals surface area contributed by atoms with E-state index in [1.165, 1.54) is 11.1 Å². The monoisotopic (exact) mass is 267 g/mol. The maximum absolute atomic E-state index is 11.5. The maximum atomic E-state index is 11.5. The van der Waals surface area contributed by atoms with Crippen LogP contribution in [0.15, 0.2) is 24.3 Å². The molecule has 1 aromatic rings. The fourth-order valence-electron chi connectivity index (χ4n) is 1.58. The Morgan fingerprint density at radius 2 is 2.22 bits per heavy atom. The number of carbonyl (C=O) groups excluding carboxylic acids is 1. The molecule has 0 saturated heterocycles. The van der Waals surface area contributed by atoms with E-state index in [0.717, 1.165) is 18.6 Å². The number of aryl methyl sites for hydroxylation is 1. The third-order valence-electron chi connectivity index (χ3n) is 2.49. The topological polar surface area (TPSA) is 49.3 Å². The lowest BCUT2D eigenvalue weighted by Crippen LogP contribution is -2.26. The van der Waals surface area contributed by atoms with Crippen molar-refractivity contribution in [1.82, 2.24) is 5.32 Å². The van der Waals surface area contributed by atoms with Crippen molar-refractivity contribution in [3.8, 4) is 0 Å². The fraction of sp³-hybridized carbons (Fsp3) is 0.500. The lowest BCUT2D eigenvalue weighted by atomic mass is 10.2. The van der Waals surface area contributed by atoms with Crippen LogP contribution in [-0.2, 0) is 10.5 Å². The van der Waals surface area contributed by atoms with Gasteiger partial charge < -0.3 is 10.4 Å². The Kier molecular flexibility index (Phi) is 7.53. The van der Waals surface area contributed by atoms with E-state index in [9.17, 15) is 4.79 Å². The largest absolute Gasteiger partial charge is 0.396 e. The molecule has 0 saturated carbocycles. The van der Waals surface area contributed by atoms with Crippen LogP contribution in [0.5, 0.6) is 0 Å². The molecule has 0 aliphatic rings. The predicted octanol–water partition coefficient (Wildman–Crippen LogP) is 2.12.